The second kappa shape index (κ2) is 13.5. The van der Waals surface area contributed by atoms with E-state index in [1.165, 1.54) is 0 Å². The van der Waals surface area contributed by atoms with E-state index in [1.54, 1.807) is 32.4 Å². The van der Waals surface area contributed by atoms with Crippen molar-refractivity contribution >= 4 is 5.91 Å². The fourth-order valence-corrected chi connectivity index (χ4v) is 2.60. The van der Waals surface area contributed by atoms with Crippen molar-refractivity contribution in [2.24, 2.45) is 0 Å². The van der Waals surface area contributed by atoms with Gasteiger partial charge < -0.3 is 19.1 Å². The smallest absolute Gasteiger partial charge is 0.254 e. The van der Waals surface area contributed by atoms with Crippen molar-refractivity contribution in [2.45, 2.75) is 66.5 Å². The van der Waals surface area contributed by atoms with Gasteiger partial charge in [-0.05, 0) is 45.4 Å². The Morgan fingerprint density at radius 2 is 1.73 bits per heavy atom. The van der Waals surface area contributed by atoms with E-state index in [-0.39, 0.29) is 18.0 Å². The summed E-state index contributed by atoms with van der Waals surface area (Å²) in [5, 5.41) is 0. The van der Waals surface area contributed by atoms with E-state index in [1.807, 2.05) is 32.6 Å². The minimum absolute atomic E-state index is 0.0174. The zero-order chi connectivity index (χ0) is 20.1. The van der Waals surface area contributed by atoms with Gasteiger partial charge in [-0.15, -0.1) is 0 Å². The maximum absolute atomic E-state index is 12.9. The molecule has 1 amide bonds. The number of ether oxygens (including phenoxy) is 3. The number of methoxy groups -OCH3 is 2. The van der Waals surface area contributed by atoms with Crippen LogP contribution in [0.25, 0.3) is 0 Å². The fraction of sp³-hybridized carbons (Fsp3) is 0.667. The van der Waals surface area contributed by atoms with Crippen LogP contribution in [0.5, 0.6) is 11.5 Å². The summed E-state index contributed by atoms with van der Waals surface area (Å²) in [5.41, 5.74) is 0.617. The van der Waals surface area contributed by atoms with Gasteiger partial charge in [-0.1, -0.05) is 20.8 Å². The van der Waals surface area contributed by atoms with Crippen molar-refractivity contribution in [3.63, 3.8) is 0 Å². The van der Waals surface area contributed by atoms with E-state index in [2.05, 4.69) is 13.8 Å². The molecule has 0 fully saturated rings. The molecule has 0 saturated heterocycles. The summed E-state index contributed by atoms with van der Waals surface area (Å²) in [7, 11) is 3.26. The van der Waals surface area contributed by atoms with Crippen LogP contribution in [0.1, 0.15) is 64.7 Å². The third kappa shape index (κ3) is 7.24. The van der Waals surface area contributed by atoms with E-state index in [0.717, 1.165) is 12.8 Å². The zero-order valence-corrected chi connectivity index (χ0v) is 17.8. The Morgan fingerprint density at radius 3 is 2.23 bits per heavy atom. The summed E-state index contributed by atoms with van der Waals surface area (Å²) < 4.78 is 16.1. The van der Waals surface area contributed by atoms with Crippen molar-refractivity contribution in [1.29, 1.82) is 0 Å². The second-order valence-corrected chi connectivity index (χ2v) is 6.12. The summed E-state index contributed by atoms with van der Waals surface area (Å²) in [4.78, 5) is 14.8. The summed E-state index contributed by atoms with van der Waals surface area (Å²) >= 11 is 0. The van der Waals surface area contributed by atoms with Gasteiger partial charge in [-0.2, -0.15) is 0 Å². The van der Waals surface area contributed by atoms with Crippen LogP contribution in [0, 0.1) is 0 Å². The van der Waals surface area contributed by atoms with Gasteiger partial charge in [-0.25, -0.2) is 0 Å². The Hall–Kier alpha value is -1.75. The highest BCUT2D eigenvalue weighted by Gasteiger charge is 2.24. The lowest BCUT2D eigenvalue weighted by Crippen LogP contribution is -2.43. The highest BCUT2D eigenvalue weighted by atomic mass is 16.5. The Morgan fingerprint density at radius 1 is 1.08 bits per heavy atom. The molecule has 5 nitrogen and oxygen atoms in total. The quantitative estimate of drug-likeness (QED) is 0.558. The fourth-order valence-electron chi connectivity index (χ4n) is 2.60. The second-order valence-electron chi connectivity index (χ2n) is 6.12. The first-order chi connectivity index (χ1) is 12.5. The summed E-state index contributed by atoms with van der Waals surface area (Å²) in [6.07, 6.45) is 1.70. The number of carbonyl (C=O) groups excluding carboxylic acids is 1. The van der Waals surface area contributed by atoms with E-state index in [0.29, 0.717) is 30.3 Å². The van der Waals surface area contributed by atoms with Crippen molar-refractivity contribution in [3.05, 3.63) is 23.8 Å². The standard InChI is InChI=1S/C19H31NO4.C2H6/c1-7-15(4)20(14(2)3)19(21)16-9-10-17(23-6)18(13-16)24-12-8-11-22-5;1-2/h9-10,13-15H,7-8,11-12H2,1-6H3;1-2H3. The van der Waals surface area contributed by atoms with Gasteiger partial charge in [0.05, 0.1) is 13.7 Å². The van der Waals surface area contributed by atoms with Crippen LogP contribution in [0.15, 0.2) is 18.2 Å². The molecule has 0 N–H and O–H groups in total. The molecule has 1 aromatic carbocycles. The van der Waals surface area contributed by atoms with Gasteiger partial charge in [0.15, 0.2) is 11.5 Å². The molecule has 0 spiro atoms. The van der Waals surface area contributed by atoms with Gasteiger partial charge in [0.1, 0.15) is 0 Å². The van der Waals surface area contributed by atoms with Gasteiger partial charge >= 0.3 is 0 Å². The molecular weight excluding hydrogens is 330 g/mol. The molecule has 0 heterocycles. The van der Waals surface area contributed by atoms with Crippen LogP contribution in [0.3, 0.4) is 0 Å². The Bertz CT molecular complexity index is 517. The van der Waals surface area contributed by atoms with Crippen LogP contribution in [-0.2, 0) is 4.74 Å². The van der Waals surface area contributed by atoms with Crippen LogP contribution >= 0.6 is 0 Å². The lowest BCUT2D eigenvalue weighted by Gasteiger charge is -2.32. The molecule has 1 aromatic rings. The molecule has 1 rings (SSSR count). The average Bonchev–Trinajstić information content (AvgIpc) is 2.66. The van der Waals surface area contributed by atoms with Crippen molar-refractivity contribution < 1.29 is 19.0 Å². The molecule has 5 heteroatoms. The number of hydrogen-bond acceptors (Lipinski definition) is 4. The minimum atomic E-state index is 0.0174. The van der Waals surface area contributed by atoms with Crippen molar-refractivity contribution in [3.8, 4) is 11.5 Å². The molecular formula is C21H37NO4. The first-order valence-electron chi connectivity index (χ1n) is 9.58. The van der Waals surface area contributed by atoms with Gasteiger partial charge in [0.2, 0.25) is 0 Å². The lowest BCUT2D eigenvalue weighted by molar-refractivity contribution is 0.0621. The molecule has 150 valence electrons. The van der Waals surface area contributed by atoms with Crippen LogP contribution in [0.4, 0.5) is 0 Å². The van der Waals surface area contributed by atoms with E-state index in [9.17, 15) is 4.79 Å². The number of amides is 1. The highest BCUT2D eigenvalue weighted by Crippen LogP contribution is 2.29. The summed E-state index contributed by atoms with van der Waals surface area (Å²) in [6.45, 7) is 13.4. The van der Waals surface area contributed by atoms with Crippen molar-refractivity contribution in [1.82, 2.24) is 4.90 Å². The SMILES string of the molecule is CC.CCC(C)N(C(=O)c1ccc(OC)c(OCCCOC)c1)C(C)C. The lowest BCUT2D eigenvalue weighted by atomic mass is 10.1. The molecule has 26 heavy (non-hydrogen) atoms. The summed E-state index contributed by atoms with van der Waals surface area (Å²) in [5.74, 6) is 1.24. The highest BCUT2D eigenvalue weighted by molar-refractivity contribution is 5.95. The molecule has 1 unspecified atom stereocenters. The summed E-state index contributed by atoms with van der Waals surface area (Å²) in [6, 6.07) is 5.67. The Kier molecular flexibility index (Phi) is 12.5. The Labute approximate surface area is 159 Å². The zero-order valence-electron chi connectivity index (χ0n) is 17.8. The molecule has 0 aromatic heterocycles. The average molecular weight is 368 g/mol. The maximum atomic E-state index is 12.9. The normalized spacial score (nSPS) is 11.4. The molecule has 1 atom stereocenters. The monoisotopic (exact) mass is 367 g/mol. The molecule has 0 aliphatic rings. The van der Waals surface area contributed by atoms with Gasteiger partial charge in [0, 0.05) is 37.8 Å². The Balaban J connectivity index is 0.00000301. The minimum Gasteiger partial charge on any atom is -0.493 e. The topological polar surface area (TPSA) is 48.0 Å². The number of carbonyl (C=O) groups is 1. The van der Waals surface area contributed by atoms with E-state index in [4.69, 9.17) is 14.2 Å². The van der Waals surface area contributed by atoms with E-state index >= 15 is 0 Å². The maximum Gasteiger partial charge on any atom is 0.254 e. The van der Waals surface area contributed by atoms with Crippen LogP contribution in [0.2, 0.25) is 0 Å². The number of hydrogen-bond donors (Lipinski definition) is 0. The molecule has 0 bridgehead atoms. The van der Waals surface area contributed by atoms with Crippen molar-refractivity contribution in [2.75, 3.05) is 27.4 Å². The predicted molar refractivity (Wildman–Crippen MR) is 107 cm³/mol. The first-order valence-corrected chi connectivity index (χ1v) is 9.58. The first kappa shape index (κ1) is 24.2. The molecule has 0 saturated carbocycles. The number of nitrogens with zero attached hydrogens (tertiary/aromatic N) is 1. The van der Waals surface area contributed by atoms with Crippen LogP contribution in [-0.4, -0.2) is 50.3 Å². The molecule has 0 radical (unpaired) electrons. The van der Waals surface area contributed by atoms with Gasteiger partial charge in [0.25, 0.3) is 5.91 Å². The van der Waals surface area contributed by atoms with Crippen LogP contribution < -0.4 is 9.47 Å². The predicted octanol–water partition coefficient (Wildman–Crippen LogP) is 4.79. The number of benzene rings is 1. The third-order valence-electron chi connectivity index (χ3n) is 4.02. The largest absolute Gasteiger partial charge is 0.493 e. The molecule has 0 aliphatic carbocycles. The van der Waals surface area contributed by atoms with Gasteiger partial charge in [-0.3, -0.25) is 4.79 Å². The van der Waals surface area contributed by atoms with E-state index < -0.39 is 0 Å². The molecule has 0 aliphatic heterocycles. The third-order valence-corrected chi connectivity index (χ3v) is 4.02. The number of rotatable bonds is 10.